The summed E-state index contributed by atoms with van der Waals surface area (Å²) in [6.45, 7) is 6.18. The first-order valence-corrected chi connectivity index (χ1v) is 11.6. The number of anilines is 1. The monoisotopic (exact) mass is 454 g/mol. The molecule has 0 saturated carbocycles. The number of benzene rings is 1. The molecule has 32 heavy (non-hydrogen) atoms. The van der Waals surface area contributed by atoms with Crippen LogP contribution in [0.15, 0.2) is 35.6 Å². The van der Waals surface area contributed by atoms with Crippen molar-refractivity contribution in [2.24, 2.45) is 0 Å². The molecule has 0 aliphatic carbocycles. The number of amides is 1. The number of thioether (sulfide) groups is 1. The Labute approximate surface area is 190 Å². The van der Waals surface area contributed by atoms with E-state index in [1.165, 1.54) is 6.08 Å². The van der Waals surface area contributed by atoms with E-state index < -0.39 is 0 Å². The fourth-order valence-corrected chi connectivity index (χ4v) is 3.77. The average Bonchev–Trinajstić information content (AvgIpc) is 3.43. The maximum atomic E-state index is 12.2. The summed E-state index contributed by atoms with van der Waals surface area (Å²) in [7, 11) is 0. The van der Waals surface area contributed by atoms with Crippen molar-refractivity contribution in [3.63, 3.8) is 0 Å². The number of rotatable bonds is 10. The Bertz CT molecular complexity index is 1130. The van der Waals surface area contributed by atoms with E-state index in [1.807, 2.05) is 18.2 Å². The SMILES string of the molecule is CCCNc1nc(SCC)nc2c1cnn2CCNC(=O)C=Cc1ccc2c(c1)OCO2. The van der Waals surface area contributed by atoms with Crippen LogP contribution < -0.4 is 20.1 Å². The highest BCUT2D eigenvalue weighted by Crippen LogP contribution is 2.32. The van der Waals surface area contributed by atoms with Gasteiger partial charge in [-0.3, -0.25) is 4.79 Å². The maximum Gasteiger partial charge on any atom is 0.244 e. The Morgan fingerprint density at radius 1 is 1.22 bits per heavy atom. The third-order valence-corrected chi connectivity index (χ3v) is 5.47. The highest BCUT2D eigenvalue weighted by atomic mass is 32.2. The molecule has 3 aromatic rings. The van der Waals surface area contributed by atoms with E-state index in [1.54, 1.807) is 28.7 Å². The molecule has 0 bridgehead atoms. The zero-order chi connectivity index (χ0) is 22.3. The quantitative estimate of drug-likeness (QED) is 0.273. The van der Waals surface area contributed by atoms with Crippen molar-refractivity contribution in [1.29, 1.82) is 0 Å². The van der Waals surface area contributed by atoms with Crippen molar-refractivity contribution in [2.75, 3.05) is 31.0 Å². The highest BCUT2D eigenvalue weighted by molar-refractivity contribution is 7.99. The molecule has 1 aliphatic heterocycles. The average molecular weight is 455 g/mol. The lowest BCUT2D eigenvalue weighted by atomic mass is 10.2. The minimum atomic E-state index is -0.179. The van der Waals surface area contributed by atoms with Gasteiger partial charge in [0.15, 0.2) is 22.3 Å². The third kappa shape index (κ3) is 5.13. The largest absolute Gasteiger partial charge is 0.454 e. The number of nitrogens with one attached hydrogen (secondary N) is 2. The number of ether oxygens (including phenoxy) is 2. The van der Waals surface area contributed by atoms with Gasteiger partial charge in [0.2, 0.25) is 12.7 Å². The molecule has 0 atom stereocenters. The van der Waals surface area contributed by atoms with Crippen LogP contribution in [-0.2, 0) is 11.3 Å². The molecule has 3 heterocycles. The summed E-state index contributed by atoms with van der Waals surface area (Å²) in [5, 5.41) is 12.3. The number of hydrogen-bond acceptors (Lipinski definition) is 8. The second-order valence-electron chi connectivity index (χ2n) is 7.06. The molecule has 168 valence electrons. The van der Waals surface area contributed by atoms with Crippen LogP contribution in [0.2, 0.25) is 0 Å². The van der Waals surface area contributed by atoms with E-state index in [4.69, 9.17) is 9.47 Å². The summed E-state index contributed by atoms with van der Waals surface area (Å²) in [6.07, 6.45) is 6.02. The molecule has 2 aromatic heterocycles. The summed E-state index contributed by atoms with van der Waals surface area (Å²) < 4.78 is 12.5. The first-order chi connectivity index (χ1) is 15.7. The molecule has 0 fully saturated rings. The van der Waals surface area contributed by atoms with Crippen molar-refractivity contribution in [3.05, 3.63) is 36.0 Å². The van der Waals surface area contributed by atoms with Crippen LogP contribution in [0.3, 0.4) is 0 Å². The number of nitrogens with zero attached hydrogens (tertiary/aromatic N) is 4. The smallest absolute Gasteiger partial charge is 0.244 e. The van der Waals surface area contributed by atoms with Gasteiger partial charge in [-0.15, -0.1) is 0 Å². The molecule has 0 saturated heterocycles. The lowest BCUT2D eigenvalue weighted by Crippen LogP contribution is -2.25. The molecular weight excluding hydrogens is 428 g/mol. The van der Waals surface area contributed by atoms with Gasteiger partial charge in [0.05, 0.1) is 18.1 Å². The van der Waals surface area contributed by atoms with Crippen LogP contribution >= 0.6 is 11.8 Å². The van der Waals surface area contributed by atoms with Crippen molar-refractivity contribution in [3.8, 4) is 11.5 Å². The number of carbonyl (C=O) groups is 1. The topological polar surface area (TPSA) is 103 Å². The Hall–Kier alpha value is -3.27. The van der Waals surface area contributed by atoms with Crippen LogP contribution in [0.4, 0.5) is 5.82 Å². The van der Waals surface area contributed by atoms with Crippen molar-refractivity contribution < 1.29 is 14.3 Å². The summed E-state index contributed by atoms with van der Waals surface area (Å²) in [6, 6.07) is 5.56. The lowest BCUT2D eigenvalue weighted by molar-refractivity contribution is -0.116. The Morgan fingerprint density at radius 2 is 2.09 bits per heavy atom. The minimum Gasteiger partial charge on any atom is -0.454 e. The molecule has 2 N–H and O–H groups in total. The summed E-state index contributed by atoms with van der Waals surface area (Å²) >= 11 is 1.59. The van der Waals surface area contributed by atoms with Gasteiger partial charge in [-0.05, 0) is 35.9 Å². The molecule has 0 radical (unpaired) electrons. The number of aromatic nitrogens is 4. The van der Waals surface area contributed by atoms with Gasteiger partial charge in [-0.2, -0.15) is 5.10 Å². The Kier molecular flexibility index (Phi) is 7.10. The van der Waals surface area contributed by atoms with Gasteiger partial charge in [0.25, 0.3) is 0 Å². The molecule has 1 aliphatic rings. The van der Waals surface area contributed by atoms with Crippen LogP contribution in [0.5, 0.6) is 11.5 Å². The molecule has 9 nitrogen and oxygen atoms in total. The third-order valence-electron chi connectivity index (χ3n) is 4.74. The zero-order valence-corrected chi connectivity index (χ0v) is 18.9. The van der Waals surface area contributed by atoms with E-state index in [2.05, 4.69) is 39.5 Å². The van der Waals surface area contributed by atoms with E-state index in [0.717, 1.165) is 52.0 Å². The second kappa shape index (κ2) is 10.4. The zero-order valence-electron chi connectivity index (χ0n) is 18.1. The lowest BCUT2D eigenvalue weighted by Gasteiger charge is -2.09. The molecule has 4 rings (SSSR count). The van der Waals surface area contributed by atoms with E-state index in [-0.39, 0.29) is 12.7 Å². The van der Waals surface area contributed by atoms with Crippen molar-refractivity contribution in [1.82, 2.24) is 25.1 Å². The predicted molar refractivity (Wildman–Crippen MR) is 125 cm³/mol. The fraction of sp³-hybridized carbons (Fsp3) is 0.364. The molecule has 1 aromatic carbocycles. The standard InChI is InChI=1S/C22H26N6O3S/c1-3-9-24-20-16-13-25-28(21(16)27-22(26-20)32-4-2)11-10-23-19(29)8-6-15-5-7-17-18(12-15)31-14-30-17/h5-8,12-13H,3-4,9-11,14H2,1-2H3,(H,23,29)(H,24,26,27). The van der Waals surface area contributed by atoms with Crippen LogP contribution in [0.1, 0.15) is 25.8 Å². The first-order valence-electron chi connectivity index (χ1n) is 10.6. The number of fused-ring (bicyclic) bond motifs is 2. The summed E-state index contributed by atoms with van der Waals surface area (Å²) in [5.74, 6) is 2.92. The van der Waals surface area contributed by atoms with Gasteiger partial charge in [0.1, 0.15) is 5.82 Å². The number of hydrogen-bond donors (Lipinski definition) is 2. The Balaban J connectivity index is 1.38. The minimum absolute atomic E-state index is 0.179. The van der Waals surface area contributed by atoms with Gasteiger partial charge in [0, 0.05) is 19.2 Å². The van der Waals surface area contributed by atoms with E-state index in [0.29, 0.717) is 18.8 Å². The van der Waals surface area contributed by atoms with Gasteiger partial charge >= 0.3 is 0 Å². The van der Waals surface area contributed by atoms with Crippen molar-refractivity contribution in [2.45, 2.75) is 32.0 Å². The number of carbonyl (C=O) groups excluding carboxylic acids is 1. The molecule has 1 amide bonds. The van der Waals surface area contributed by atoms with Crippen molar-refractivity contribution >= 4 is 40.6 Å². The maximum absolute atomic E-state index is 12.2. The van der Waals surface area contributed by atoms with Crippen LogP contribution in [-0.4, -0.2) is 51.3 Å². The van der Waals surface area contributed by atoms with E-state index >= 15 is 0 Å². The molecule has 0 unspecified atom stereocenters. The second-order valence-corrected chi connectivity index (χ2v) is 8.29. The highest BCUT2D eigenvalue weighted by Gasteiger charge is 2.14. The Morgan fingerprint density at radius 3 is 2.94 bits per heavy atom. The molecular formula is C22H26N6O3S. The van der Waals surface area contributed by atoms with Gasteiger partial charge in [-0.25, -0.2) is 14.6 Å². The summed E-state index contributed by atoms with van der Waals surface area (Å²) in [4.78, 5) is 21.5. The molecule has 10 heteroatoms. The summed E-state index contributed by atoms with van der Waals surface area (Å²) in [5.41, 5.74) is 1.63. The van der Waals surface area contributed by atoms with Crippen LogP contribution in [0, 0.1) is 0 Å². The predicted octanol–water partition coefficient (Wildman–Crippen LogP) is 3.32. The first kappa shape index (κ1) is 21.9. The molecule has 0 spiro atoms. The normalized spacial score (nSPS) is 12.6. The van der Waals surface area contributed by atoms with Crippen LogP contribution in [0.25, 0.3) is 17.1 Å². The fourth-order valence-electron chi connectivity index (χ4n) is 3.20. The van der Waals surface area contributed by atoms with E-state index in [9.17, 15) is 4.79 Å². The van der Waals surface area contributed by atoms with Gasteiger partial charge < -0.3 is 20.1 Å². The van der Waals surface area contributed by atoms with Gasteiger partial charge in [-0.1, -0.05) is 31.7 Å².